The fourth-order valence-corrected chi connectivity index (χ4v) is 3.30. The van der Waals surface area contributed by atoms with Gasteiger partial charge in [-0.3, -0.25) is 0 Å². The molecule has 2 bridgehead atoms. The van der Waals surface area contributed by atoms with Crippen LogP contribution in [0.25, 0.3) is 0 Å². The Labute approximate surface area is 142 Å². The van der Waals surface area contributed by atoms with E-state index in [4.69, 9.17) is 16.3 Å². The fraction of sp³-hybridized carbons (Fsp3) is 0.643. The summed E-state index contributed by atoms with van der Waals surface area (Å²) >= 11 is 9.26. The Kier molecular flexibility index (Phi) is 3.97. The van der Waals surface area contributed by atoms with E-state index < -0.39 is 5.60 Å². The first-order valence-electron chi connectivity index (χ1n) is 7.19. The van der Waals surface area contributed by atoms with Crippen LogP contribution < -0.4 is 4.90 Å². The molecule has 1 aromatic rings. The van der Waals surface area contributed by atoms with E-state index in [1.807, 2.05) is 25.7 Å². The van der Waals surface area contributed by atoms with Gasteiger partial charge in [0, 0.05) is 13.1 Å². The van der Waals surface area contributed by atoms with Crippen LogP contribution in [0, 0.1) is 0 Å². The van der Waals surface area contributed by atoms with Gasteiger partial charge in [-0.2, -0.15) is 0 Å². The highest BCUT2D eigenvalue weighted by molar-refractivity contribution is 9.10. The summed E-state index contributed by atoms with van der Waals surface area (Å²) in [6.07, 6.45) is 2.39. The maximum absolute atomic E-state index is 12.2. The number of nitrogens with zero attached hydrogens (tertiary/aromatic N) is 4. The van der Waals surface area contributed by atoms with Crippen molar-refractivity contribution >= 4 is 39.4 Å². The number of hydrogen-bond donors (Lipinski definition) is 0. The van der Waals surface area contributed by atoms with E-state index in [9.17, 15) is 4.79 Å². The van der Waals surface area contributed by atoms with Gasteiger partial charge in [-0.05, 0) is 43.1 Å². The van der Waals surface area contributed by atoms with E-state index in [-0.39, 0.29) is 18.2 Å². The number of amides is 1. The number of anilines is 1. The highest BCUT2D eigenvalue weighted by Crippen LogP contribution is 2.35. The van der Waals surface area contributed by atoms with Gasteiger partial charge in [0.15, 0.2) is 5.15 Å². The minimum Gasteiger partial charge on any atom is -0.444 e. The van der Waals surface area contributed by atoms with Crippen LogP contribution in [0.1, 0.15) is 27.2 Å². The Hall–Kier alpha value is -1.08. The van der Waals surface area contributed by atoms with Crippen LogP contribution in [0.2, 0.25) is 5.15 Å². The second-order valence-electron chi connectivity index (χ2n) is 6.64. The third-order valence-electron chi connectivity index (χ3n) is 3.84. The first-order valence-corrected chi connectivity index (χ1v) is 8.36. The lowest BCUT2D eigenvalue weighted by Crippen LogP contribution is -2.50. The molecular formula is C14H18BrClN4O2. The van der Waals surface area contributed by atoms with Crippen molar-refractivity contribution < 1.29 is 9.53 Å². The molecule has 6 nitrogen and oxygen atoms in total. The van der Waals surface area contributed by atoms with Crippen LogP contribution in [-0.2, 0) is 4.74 Å². The number of piperazine rings is 1. The summed E-state index contributed by atoms with van der Waals surface area (Å²) in [5.74, 6) is 0.754. The number of aromatic nitrogens is 2. The summed E-state index contributed by atoms with van der Waals surface area (Å²) in [7, 11) is 0. The summed E-state index contributed by atoms with van der Waals surface area (Å²) in [6.45, 7) is 7.02. The molecule has 1 amide bonds. The third kappa shape index (κ3) is 3.01. The Morgan fingerprint density at radius 1 is 1.41 bits per heavy atom. The van der Waals surface area contributed by atoms with E-state index in [0.29, 0.717) is 16.3 Å². The highest BCUT2D eigenvalue weighted by atomic mass is 79.9. The molecule has 0 spiro atoms. The van der Waals surface area contributed by atoms with Gasteiger partial charge in [-0.25, -0.2) is 14.8 Å². The topological polar surface area (TPSA) is 58.6 Å². The zero-order valence-corrected chi connectivity index (χ0v) is 15.1. The Balaban J connectivity index is 1.69. The monoisotopic (exact) mass is 388 g/mol. The van der Waals surface area contributed by atoms with Crippen LogP contribution in [0.4, 0.5) is 10.6 Å². The summed E-state index contributed by atoms with van der Waals surface area (Å²) in [6, 6.07) is 0.396. The first-order chi connectivity index (χ1) is 10.2. The molecule has 2 aliphatic heterocycles. The number of carbonyl (C=O) groups excluding carboxylic acids is 1. The van der Waals surface area contributed by atoms with E-state index >= 15 is 0 Å². The van der Waals surface area contributed by atoms with Gasteiger partial charge in [-0.15, -0.1) is 0 Å². The second kappa shape index (κ2) is 5.53. The maximum Gasteiger partial charge on any atom is 0.410 e. The van der Waals surface area contributed by atoms with Crippen LogP contribution in [0.5, 0.6) is 0 Å². The molecule has 22 heavy (non-hydrogen) atoms. The van der Waals surface area contributed by atoms with E-state index in [1.165, 1.54) is 0 Å². The van der Waals surface area contributed by atoms with Gasteiger partial charge in [-0.1, -0.05) is 11.6 Å². The van der Waals surface area contributed by atoms with Crippen molar-refractivity contribution in [2.75, 3.05) is 18.0 Å². The number of hydrogen-bond acceptors (Lipinski definition) is 5. The molecule has 2 saturated heterocycles. The minimum atomic E-state index is -0.469. The number of ether oxygens (including phenoxy) is 1. The predicted molar refractivity (Wildman–Crippen MR) is 87.2 cm³/mol. The average molecular weight is 390 g/mol. The lowest BCUT2D eigenvalue weighted by Gasteiger charge is -2.35. The van der Waals surface area contributed by atoms with E-state index in [2.05, 4.69) is 30.8 Å². The Bertz CT molecular complexity index is 607. The van der Waals surface area contributed by atoms with E-state index in [0.717, 1.165) is 18.8 Å². The molecular weight excluding hydrogens is 372 g/mol. The van der Waals surface area contributed by atoms with E-state index in [1.54, 1.807) is 6.20 Å². The standard InChI is InChI=1S/C14H18BrClN4O2/c1-14(2,3)22-13(21)20-7-8-4-9(20)6-19(8)10-5-17-11(15)12(16)18-10/h5,8-9H,4,6-7H2,1-3H3/t8-,9-/m0/s1. The van der Waals surface area contributed by atoms with Gasteiger partial charge in [0.2, 0.25) is 0 Å². The molecule has 3 rings (SSSR count). The molecule has 0 aromatic carbocycles. The molecule has 0 aliphatic carbocycles. The minimum absolute atomic E-state index is 0.157. The summed E-state index contributed by atoms with van der Waals surface area (Å²) in [4.78, 5) is 24.7. The molecule has 2 fully saturated rings. The summed E-state index contributed by atoms with van der Waals surface area (Å²) in [5, 5.41) is 0.351. The molecule has 0 unspecified atom stereocenters. The summed E-state index contributed by atoms with van der Waals surface area (Å²) < 4.78 is 6.00. The Morgan fingerprint density at radius 2 is 2.14 bits per heavy atom. The van der Waals surface area contributed by atoms with Crippen molar-refractivity contribution in [1.82, 2.24) is 14.9 Å². The van der Waals surface area contributed by atoms with Gasteiger partial charge in [0.25, 0.3) is 0 Å². The molecule has 3 heterocycles. The molecule has 0 radical (unpaired) electrons. The lowest BCUT2D eigenvalue weighted by molar-refractivity contribution is 0.0214. The first kappa shape index (κ1) is 15.8. The highest BCUT2D eigenvalue weighted by Gasteiger charge is 2.47. The third-order valence-corrected chi connectivity index (χ3v) is 4.91. The number of halogens is 2. The zero-order valence-electron chi connectivity index (χ0n) is 12.7. The van der Waals surface area contributed by atoms with Crippen molar-refractivity contribution in [3.8, 4) is 0 Å². The molecule has 2 atom stereocenters. The largest absolute Gasteiger partial charge is 0.444 e. The molecule has 1 aromatic heterocycles. The molecule has 120 valence electrons. The average Bonchev–Trinajstić information content (AvgIpc) is 2.99. The second-order valence-corrected chi connectivity index (χ2v) is 7.75. The zero-order chi connectivity index (χ0) is 16.1. The van der Waals surface area contributed by atoms with Gasteiger partial charge >= 0.3 is 6.09 Å². The van der Waals surface area contributed by atoms with Crippen LogP contribution >= 0.6 is 27.5 Å². The van der Waals surface area contributed by atoms with Gasteiger partial charge in [0.1, 0.15) is 16.0 Å². The smallest absolute Gasteiger partial charge is 0.410 e. The van der Waals surface area contributed by atoms with Gasteiger partial charge < -0.3 is 14.5 Å². The Morgan fingerprint density at radius 3 is 2.68 bits per heavy atom. The van der Waals surface area contributed by atoms with Crippen LogP contribution in [0.15, 0.2) is 10.8 Å². The van der Waals surface area contributed by atoms with Crippen molar-refractivity contribution in [1.29, 1.82) is 0 Å². The van der Waals surface area contributed by atoms with Crippen LogP contribution in [-0.4, -0.2) is 51.7 Å². The predicted octanol–water partition coefficient (Wildman–Crippen LogP) is 3.09. The van der Waals surface area contributed by atoms with Gasteiger partial charge in [0.05, 0.1) is 18.3 Å². The van der Waals surface area contributed by atoms with Crippen molar-refractivity contribution in [3.63, 3.8) is 0 Å². The van der Waals surface area contributed by atoms with Crippen molar-refractivity contribution in [3.05, 3.63) is 16.0 Å². The lowest BCUT2D eigenvalue weighted by atomic mass is 10.2. The number of fused-ring (bicyclic) bond motifs is 2. The maximum atomic E-state index is 12.2. The molecule has 8 heteroatoms. The number of likely N-dealkylation sites (tertiary alicyclic amines) is 1. The SMILES string of the molecule is CC(C)(C)OC(=O)N1C[C@@H]2C[C@H]1CN2c1cnc(Br)c(Cl)n1. The molecule has 0 N–H and O–H groups in total. The quantitative estimate of drug-likeness (QED) is 0.739. The molecule has 2 aliphatic rings. The van der Waals surface area contributed by atoms with Crippen LogP contribution in [0.3, 0.4) is 0 Å². The van der Waals surface area contributed by atoms with Crippen molar-refractivity contribution in [2.45, 2.75) is 44.9 Å². The number of rotatable bonds is 1. The number of carbonyl (C=O) groups is 1. The normalized spacial score (nSPS) is 24.0. The van der Waals surface area contributed by atoms with Crippen molar-refractivity contribution in [2.24, 2.45) is 0 Å². The fourth-order valence-electron chi connectivity index (χ4n) is 2.97. The molecule has 0 saturated carbocycles. The summed E-state index contributed by atoms with van der Waals surface area (Å²) in [5.41, 5.74) is -0.469.